The second kappa shape index (κ2) is 8.63. The van der Waals surface area contributed by atoms with Crippen LogP contribution in [0.2, 0.25) is 0 Å². The maximum absolute atomic E-state index is 13.6. The average molecular weight is 481 g/mol. The van der Waals surface area contributed by atoms with E-state index in [-0.39, 0.29) is 5.63 Å². The first-order valence-corrected chi connectivity index (χ1v) is 13.5. The molecule has 1 aliphatic carbocycles. The van der Waals surface area contributed by atoms with Gasteiger partial charge in [0, 0.05) is 44.2 Å². The molecule has 0 amide bonds. The zero-order chi connectivity index (χ0) is 24.2. The molecular formula is C27H32N2O4S. The molecule has 0 N–H and O–H groups in total. The average Bonchev–Trinajstić information content (AvgIpc) is 3.24. The molecule has 34 heavy (non-hydrogen) atoms. The summed E-state index contributed by atoms with van der Waals surface area (Å²) in [6, 6.07) is 7.86. The highest BCUT2D eigenvalue weighted by molar-refractivity contribution is 7.89. The van der Waals surface area contributed by atoms with E-state index in [0.29, 0.717) is 43.2 Å². The Balaban J connectivity index is 1.37. The van der Waals surface area contributed by atoms with Gasteiger partial charge in [0.15, 0.2) is 0 Å². The lowest BCUT2D eigenvalue weighted by Gasteiger charge is -2.35. The molecule has 180 valence electrons. The highest BCUT2D eigenvalue weighted by Gasteiger charge is 2.32. The lowest BCUT2D eigenvalue weighted by molar-refractivity contribution is 0.182. The third-order valence-electron chi connectivity index (χ3n) is 7.66. The van der Waals surface area contributed by atoms with Crippen molar-refractivity contribution in [3.8, 4) is 0 Å². The molecule has 7 heteroatoms. The van der Waals surface area contributed by atoms with Gasteiger partial charge in [-0.1, -0.05) is 6.07 Å². The number of hydrogen-bond acceptors (Lipinski definition) is 5. The summed E-state index contributed by atoms with van der Waals surface area (Å²) < 4.78 is 34.3. The Kier molecular flexibility index (Phi) is 5.91. The van der Waals surface area contributed by atoms with Gasteiger partial charge in [0.1, 0.15) is 5.58 Å². The van der Waals surface area contributed by atoms with Gasteiger partial charge in [0.2, 0.25) is 10.0 Å². The lowest BCUT2D eigenvalue weighted by atomic mass is 10.0. The predicted molar refractivity (Wildman–Crippen MR) is 134 cm³/mol. The van der Waals surface area contributed by atoms with Gasteiger partial charge in [-0.25, -0.2) is 13.2 Å². The number of hydrogen-bond donors (Lipinski definition) is 0. The molecule has 0 bridgehead atoms. The van der Waals surface area contributed by atoms with E-state index in [1.165, 1.54) is 11.1 Å². The van der Waals surface area contributed by atoms with Crippen molar-refractivity contribution in [2.75, 3.05) is 26.2 Å². The first kappa shape index (κ1) is 23.3. The molecule has 0 radical (unpaired) electrons. The van der Waals surface area contributed by atoms with Crippen molar-refractivity contribution in [1.29, 1.82) is 0 Å². The lowest BCUT2D eigenvalue weighted by Crippen LogP contribution is -2.48. The SMILES string of the molecule is Cc1cc(C)c(C)c(S(=O)(=O)N2CCN(Cc3cc(=O)oc4cc5c(cc34)CCC5)CC2)c1C. The number of fused-ring (bicyclic) bond motifs is 2. The number of aryl methyl sites for hydroxylation is 4. The molecule has 0 spiro atoms. The van der Waals surface area contributed by atoms with Crippen molar-refractivity contribution in [3.05, 3.63) is 73.6 Å². The van der Waals surface area contributed by atoms with Crippen molar-refractivity contribution >= 4 is 21.0 Å². The standard InChI is InChI=1S/C27H32N2O4S/c1-17-12-18(2)20(4)27(19(17)3)34(31,32)29-10-8-28(9-11-29)16-23-15-26(30)33-25-14-22-7-5-6-21(22)13-24(23)25/h12-15H,5-11,16H2,1-4H3. The van der Waals surface area contributed by atoms with Crippen LogP contribution in [0.25, 0.3) is 11.0 Å². The predicted octanol–water partition coefficient (Wildman–Crippen LogP) is 4.02. The smallest absolute Gasteiger partial charge is 0.336 e. The number of nitrogens with zero attached hydrogens (tertiary/aromatic N) is 2. The minimum atomic E-state index is -3.57. The topological polar surface area (TPSA) is 70.8 Å². The van der Waals surface area contributed by atoms with Crippen LogP contribution in [0.15, 0.2) is 38.4 Å². The molecule has 2 heterocycles. The summed E-state index contributed by atoms with van der Waals surface area (Å²) in [7, 11) is -3.57. The zero-order valence-corrected chi connectivity index (χ0v) is 21.2. The molecule has 0 unspecified atom stereocenters. The molecule has 5 rings (SSSR count). The molecular weight excluding hydrogens is 448 g/mol. The fourth-order valence-electron chi connectivity index (χ4n) is 5.49. The summed E-state index contributed by atoms with van der Waals surface area (Å²) in [5.41, 5.74) is 7.58. The summed E-state index contributed by atoms with van der Waals surface area (Å²) in [4.78, 5) is 14.9. The molecule has 1 fully saturated rings. The molecule has 0 atom stereocenters. The van der Waals surface area contributed by atoms with Crippen LogP contribution < -0.4 is 5.63 Å². The van der Waals surface area contributed by atoms with Crippen LogP contribution in [0.3, 0.4) is 0 Å². The second-order valence-electron chi connectivity index (χ2n) is 9.83. The van der Waals surface area contributed by atoms with Crippen LogP contribution in [0.5, 0.6) is 0 Å². The van der Waals surface area contributed by atoms with Crippen molar-refractivity contribution in [1.82, 2.24) is 9.21 Å². The molecule has 2 aromatic carbocycles. The van der Waals surface area contributed by atoms with Crippen LogP contribution >= 0.6 is 0 Å². The van der Waals surface area contributed by atoms with E-state index in [2.05, 4.69) is 17.0 Å². The highest BCUT2D eigenvalue weighted by atomic mass is 32.2. The van der Waals surface area contributed by atoms with E-state index in [0.717, 1.165) is 52.5 Å². The minimum Gasteiger partial charge on any atom is -0.423 e. The summed E-state index contributed by atoms with van der Waals surface area (Å²) >= 11 is 0. The summed E-state index contributed by atoms with van der Waals surface area (Å²) in [6.07, 6.45) is 3.24. The number of piperazine rings is 1. The van der Waals surface area contributed by atoms with E-state index in [1.807, 2.05) is 33.8 Å². The first-order valence-electron chi connectivity index (χ1n) is 12.0. The maximum Gasteiger partial charge on any atom is 0.336 e. The highest BCUT2D eigenvalue weighted by Crippen LogP contribution is 2.31. The van der Waals surface area contributed by atoms with Gasteiger partial charge in [0.25, 0.3) is 0 Å². The monoisotopic (exact) mass is 480 g/mol. The Morgan fingerprint density at radius 2 is 1.47 bits per heavy atom. The second-order valence-corrected chi connectivity index (χ2v) is 11.7. The Hall–Kier alpha value is -2.48. The van der Waals surface area contributed by atoms with E-state index >= 15 is 0 Å². The minimum absolute atomic E-state index is 0.331. The van der Waals surface area contributed by atoms with Gasteiger partial charge in [0.05, 0.1) is 4.90 Å². The molecule has 1 aromatic heterocycles. The van der Waals surface area contributed by atoms with Crippen molar-refractivity contribution < 1.29 is 12.8 Å². The third kappa shape index (κ3) is 4.00. The zero-order valence-electron chi connectivity index (χ0n) is 20.4. The maximum atomic E-state index is 13.6. The van der Waals surface area contributed by atoms with E-state index < -0.39 is 10.0 Å². The van der Waals surface area contributed by atoms with Gasteiger partial charge < -0.3 is 4.42 Å². The van der Waals surface area contributed by atoms with Gasteiger partial charge >= 0.3 is 5.63 Å². The van der Waals surface area contributed by atoms with Gasteiger partial charge in [-0.3, -0.25) is 4.90 Å². The summed E-state index contributed by atoms with van der Waals surface area (Å²) in [5, 5.41) is 0.997. The quantitative estimate of drug-likeness (QED) is 0.528. The van der Waals surface area contributed by atoms with Crippen molar-refractivity contribution in [2.24, 2.45) is 0 Å². The first-order chi connectivity index (χ1) is 16.1. The van der Waals surface area contributed by atoms with E-state index in [9.17, 15) is 13.2 Å². The fourth-order valence-corrected chi connectivity index (χ4v) is 7.49. The van der Waals surface area contributed by atoms with Gasteiger partial charge in [-0.05, 0) is 98.0 Å². The Morgan fingerprint density at radius 1 is 0.853 bits per heavy atom. The van der Waals surface area contributed by atoms with Crippen LogP contribution in [-0.4, -0.2) is 43.8 Å². The normalized spacial score (nSPS) is 17.4. The van der Waals surface area contributed by atoms with Crippen LogP contribution in [0, 0.1) is 27.7 Å². The molecule has 2 aliphatic rings. The summed E-state index contributed by atoms with van der Waals surface area (Å²) in [6.45, 7) is 10.4. The Labute approximate surface area is 201 Å². The number of benzene rings is 2. The largest absolute Gasteiger partial charge is 0.423 e. The molecule has 1 aliphatic heterocycles. The molecule has 0 saturated carbocycles. The summed E-state index contributed by atoms with van der Waals surface area (Å²) in [5.74, 6) is 0. The van der Waals surface area contributed by atoms with Crippen LogP contribution in [0.1, 0.15) is 45.4 Å². The van der Waals surface area contributed by atoms with Crippen molar-refractivity contribution in [3.63, 3.8) is 0 Å². The Bertz CT molecular complexity index is 1420. The molecule has 1 saturated heterocycles. The number of sulfonamides is 1. The third-order valence-corrected chi connectivity index (χ3v) is 9.84. The van der Waals surface area contributed by atoms with Gasteiger partial charge in [-0.15, -0.1) is 0 Å². The fraction of sp³-hybridized carbons (Fsp3) is 0.444. The van der Waals surface area contributed by atoms with E-state index in [1.54, 1.807) is 10.4 Å². The Morgan fingerprint density at radius 3 is 2.12 bits per heavy atom. The van der Waals surface area contributed by atoms with Crippen LogP contribution in [0.4, 0.5) is 0 Å². The van der Waals surface area contributed by atoms with Crippen LogP contribution in [-0.2, 0) is 29.4 Å². The van der Waals surface area contributed by atoms with Gasteiger partial charge in [-0.2, -0.15) is 4.31 Å². The molecule has 6 nitrogen and oxygen atoms in total. The van der Waals surface area contributed by atoms with Crippen molar-refractivity contribution in [2.45, 2.75) is 58.4 Å². The molecule has 3 aromatic rings. The van der Waals surface area contributed by atoms with E-state index in [4.69, 9.17) is 4.42 Å². The number of rotatable bonds is 4.